The van der Waals surface area contributed by atoms with Gasteiger partial charge in [0.25, 0.3) is 10.0 Å². The number of halogens is 4. The molecule has 0 saturated carbocycles. The van der Waals surface area contributed by atoms with E-state index in [-0.39, 0.29) is 25.7 Å². The maximum absolute atomic E-state index is 12.4. The maximum atomic E-state index is 12.4. The van der Waals surface area contributed by atoms with Gasteiger partial charge in [-0.15, -0.1) is 0 Å². The molecule has 4 nitrogen and oxygen atoms in total. The van der Waals surface area contributed by atoms with Gasteiger partial charge in [-0.2, -0.15) is 0 Å². The number of anilines is 1. The number of aromatic nitrogens is 1. The summed E-state index contributed by atoms with van der Waals surface area (Å²) in [5.41, 5.74) is 0.879. The van der Waals surface area contributed by atoms with E-state index in [2.05, 4.69) is 9.71 Å². The van der Waals surface area contributed by atoms with Crippen molar-refractivity contribution in [2.75, 3.05) is 4.72 Å². The van der Waals surface area contributed by atoms with Gasteiger partial charge < -0.3 is 0 Å². The lowest BCUT2D eigenvalue weighted by Crippen LogP contribution is -2.14. The number of aryl methyl sites for hydroxylation is 1. The monoisotopic (exact) mass is 384 g/mol. The van der Waals surface area contributed by atoms with Crippen molar-refractivity contribution in [3.05, 3.63) is 50.2 Å². The second-order valence-corrected chi connectivity index (χ2v) is 7.36. The maximum Gasteiger partial charge on any atom is 0.264 e. The topological polar surface area (TPSA) is 59.1 Å². The van der Waals surface area contributed by atoms with Crippen LogP contribution in [0.25, 0.3) is 0 Å². The van der Waals surface area contributed by atoms with E-state index >= 15 is 0 Å². The Hall–Kier alpha value is -0.720. The van der Waals surface area contributed by atoms with E-state index in [1.807, 2.05) is 0 Å². The Balaban J connectivity index is 2.46. The number of benzene rings is 1. The number of nitrogens with zero attached hydrogens (tertiary/aromatic N) is 1. The van der Waals surface area contributed by atoms with Crippen LogP contribution < -0.4 is 4.72 Å². The van der Waals surface area contributed by atoms with Crippen molar-refractivity contribution < 1.29 is 8.42 Å². The predicted molar refractivity (Wildman–Crippen MR) is 86.3 cm³/mol. The van der Waals surface area contributed by atoms with Gasteiger partial charge in [-0.1, -0.05) is 46.4 Å². The first kappa shape index (κ1) is 16.6. The Labute approximate surface area is 142 Å². The molecule has 0 aliphatic heterocycles. The lowest BCUT2D eigenvalue weighted by Gasteiger charge is -2.12. The molecule has 0 spiro atoms. The van der Waals surface area contributed by atoms with Crippen molar-refractivity contribution in [2.45, 2.75) is 11.8 Å². The zero-order valence-electron chi connectivity index (χ0n) is 10.5. The molecule has 0 amide bonds. The largest absolute Gasteiger partial charge is 0.278 e. The van der Waals surface area contributed by atoms with Gasteiger partial charge in [0, 0.05) is 5.02 Å². The second-order valence-electron chi connectivity index (χ2n) is 4.14. The quantitative estimate of drug-likeness (QED) is 0.771. The van der Waals surface area contributed by atoms with Crippen molar-refractivity contribution in [2.24, 2.45) is 0 Å². The fourth-order valence-electron chi connectivity index (χ4n) is 1.61. The van der Waals surface area contributed by atoms with Crippen molar-refractivity contribution in [1.82, 2.24) is 4.98 Å². The molecule has 1 aromatic carbocycles. The number of hydrogen-bond acceptors (Lipinski definition) is 3. The zero-order chi connectivity index (χ0) is 15.8. The fourth-order valence-corrected chi connectivity index (χ4v) is 4.29. The first-order valence-corrected chi connectivity index (χ1v) is 8.50. The number of rotatable bonds is 3. The average Bonchev–Trinajstić information content (AvgIpc) is 2.31. The molecule has 0 aliphatic carbocycles. The number of nitrogens with one attached hydrogen (secondary N) is 1. The Bertz CT molecular complexity index is 786. The van der Waals surface area contributed by atoms with Crippen LogP contribution in [-0.2, 0) is 10.0 Å². The normalized spacial score (nSPS) is 11.5. The Morgan fingerprint density at radius 3 is 2.14 bits per heavy atom. The standard InChI is InChI=1S/C12H8Cl4N2O2S/c1-6-2-8(5-17-12(6)16)18-21(19,20)11-9(14)3-7(13)4-10(11)15/h2-5,18H,1H3. The van der Waals surface area contributed by atoms with Crippen LogP contribution in [0, 0.1) is 6.92 Å². The van der Waals surface area contributed by atoms with Crippen LogP contribution in [0.1, 0.15) is 5.56 Å². The SMILES string of the molecule is Cc1cc(NS(=O)(=O)c2c(Cl)cc(Cl)cc2Cl)cnc1Cl. The molecule has 0 atom stereocenters. The Morgan fingerprint density at radius 1 is 1.05 bits per heavy atom. The summed E-state index contributed by atoms with van der Waals surface area (Å²) in [6, 6.07) is 4.15. The van der Waals surface area contributed by atoms with E-state index in [0.717, 1.165) is 0 Å². The number of pyridine rings is 1. The van der Waals surface area contributed by atoms with Gasteiger partial charge in [-0.05, 0) is 30.7 Å². The highest BCUT2D eigenvalue weighted by molar-refractivity contribution is 7.93. The van der Waals surface area contributed by atoms with Crippen molar-refractivity contribution in [3.63, 3.8) is 0 Å². The van der Waals surface area contributed by atoms with E-state index in [1.165, 1.54) is 18.3 Å². The van der Waals surface area contributed by atoms with Gasteiger partial charge in [0.2, 0.25) is 0 Å². The van der Waals surface area contributed by atoms with Gasteiger partial charge in [-0.25, -0.2) is 13.4 Å². The molecule has 9 heteroatoms. The molecule has 0 bridgehead atoms. The molecule has 1 N–H and O–H groups in total. The van der Waals surface area contributed by atoms with Gasteiger partial charge in [-0.3, -0.25) is 4.72 Å². The molecular weight excluding hydrogens is 378 g/mol. The summed E-state index contributed by atoms with van der Waals surface area (Å²) < 4.78 is 27.1. The van der Waals surface area contributed by atoms with E-state index in [1.54, 1.807) is 13.0 Å². The van der Waals surface area contributed by atoms with Gasteiger partial charge >= 0.3 is 0 Å². The Morgan fingerprint density at radius 2 is 1.62 bits per heavy atom. The third kappa shape index (κ3) is 3.73. The van der Waals surface area contributed by atoms with Crippen molar-refractivity contribution in [1.29, 1.82) is 0 Å². The minimum atomic E-state index is -3.98. The molecule has 0 saturated heterocycles. The molecule has 1 aromatic heterocycles. The van der Waals surface area contributed by atoms with Crippen molar-refractivity contribution >= 4 is 62.1 Å². The van der Waals surface area contributed by atoms with Gasteiger partial charge in [0.15, 0.2) is 0 Å². The van der Waals surface area contributed by atoms with Crippen LogP contribution in [0.4, 0.5) is 5.69 Å². The molecule has 21 heavy (non-hydrogen) atoms. The summed E-state index contributed by atoms with van der Waals surface area (Å²) >= 11 is 23.4. The summed E-state index contributed by atoms with van der Waals surface area (Å²) in [5, 5.41) is 0.394. The van der Waals surface area contributed by atoms with E-state index in [4.69, 9.17) is 46.4 Å². The molecule has 2 aromatic rings. The third-order valence-corrected chi connectivity index (χ3v) is 5.41. The van der Waals surface area contributed by atoms with Crippen LogP contribution in [0.3, 0.4) is 0 Å². The summed E-state index contributed by atoms with van der Waals surface area (Å²) in [6.07, 6.45) is 1.30. The zero-order valence-corrected chi connectivity index (χ0v) is 14.3. The lowest BCUT2D eigenvalue weighted by molar-refractivity contribution is 0.601. The number of hydrogen-bond donors (Lipinski definition) is 1. The number of sulfonamides is 1. The molecule has 0 aliphatic rings. The minimum absolute atomic E-state index is 0.0707. The second kappa shape index (κ2) is 6.18. The average molecular weight is 386 g/mol. The van der Waals surface area contributed by atoms with Gasteiger partial charge in [0.1, 0.15) is 10.0 Å². The van der Waals surface area contributed by atoms with Gasteiger partial charge in [0.05, 0.1) is 21.9 Å². The molecule has 0 fully saturated rings. The fraction of sp³-hybridized carbons (Fsp3) is 0.0833. The molecule has 0 radical (unpaired) electrons. The molecule has 112 valence electrons. The molecule has 0 unspecified atom stereocenters. The summed E-state index contributed by atoms with van der Waals surface area (Å²) in [7, 11) is -3.98. The van der Waals surface area contributed by atoms with Crippen LogP contribution in [0.2, 0.25) is 20.2 Å². The summed E-state index contributed by atoms with van der Waals surface area (Å²) in [4.78, 5) is 3.62. The van der Waals surface area contributed by atoms with Crippen molar-refractivity contribution in [3.8, 4) is 0 Å². The smallest absolute Gasteiger partial charge is 0.264 e. The molecule has 2 rings (SSSR count). The van der Waals surface area contributed by atoms with E-state index < -0.39 is 10.0 Å². The molecular formula is C12H8Cl4N2O2S. The van der Waals surface area contributed by atoms with Crippen LogP contribution in [0.5, 0.6) is 0 Å². The first-order valence-electron chi connectivity index (χ1n) is 5.50. The highest BCUT2D eigenvalue weighted by atomic mass is 35.5. The lowest BCUT2D eigenvalue weighted by atomic mass is 10.3. The summed E-state index contributed by atoms with van der Waals surface area (Å²) in [6.45, 7) is 1.70. The van der Waals surface area contributed by atoms with E-state index in [0.29, 0.717) is 10.7 Å². The van der Waals surface area contributed by atoms with Crippen LogP contribution in [-0.4, -0.2) is 13.4 Å². The highest BCUT2D eigenvalue weighted by Gasteiger charge is 2.23. The minimum Gasteiger partial charge on any atom is -0.278 e. The summed E-state index contributed by atoms with van der Waals surface area (Å²) in [5.74, 6) is 0. The highest BCUT2D eigenvalue weighted by Crippen LogP contribution is 2.33. The third-order valence-electron chi connectivity index (χ3n) is 2.50. The predicted octanol–water partition coefficient (Wildman–Crippen LogP) is 4.80. The van der Waals surface area contributed by atoms with E-state index in [9.17, 15) is 8.42 Å². The molecule has 1 heterocycles. The van der Waals surface area contributed by atoms with Crippen LogP contribution >= 0.6 is 46.4 Å². The first-order chi connectivity index (χ1) is 9.70. The van der Waals surface area contributed by atoms with Crippen LogP contribution in [0.15, 0.2) is 29.3 Å². The Kier molecular flexibility index (Phi) is 4.90.